The van der Waals surface area contributed by atoms with Crippen LogP contribution in [0.5, 0.6) is 0 Å². The highest BCUT2D eigenvalue weighted by Crippen LogP contribution is 2.30. The fourth-order valence-electron chi connectivity index (χ4n) is 4.05. The van der Waals surface area contributed by atoms with E-state index in [0.29, 0.717) is 16.8 Å². The summed E-state index contributed by atoms with van der Waals surface area (Å²) < 4.78 is 0. The number of carbonyl (C=O) groups excluding carboxylic acids is 2. The number of hydrogen-bond acceptors (Lipinski definition) is 5. The maximum Gasteiger partial charge on any atom is 0.269 e. The lowest BCUT2D eigenvalue weighted by Gasteiger charge is -2.24. The van der Waals surface area contributed by atoms with Gasteiger partial charge in [-0.2, -0.15) is 0 Å². The predicted molar refractivity (Wildman–Crippen MR) is 114 cm³/mol. The summed E-state index contributed by atoms with van der Waals surface area (Å²) in [6.07, 6.45) is 4.24. The Morgan fingerprint density at radius 1 is 0.900 bits per heavy atom. The van der Waals surface area contributed by atoms with Crippen LogP contribution in [-0.2, 0) is 0 Å². The van der Waals surface area contributed by atoms with E-state index < -0.39 is 4.92 Å². The van der Waals surface area contributed by atoms with Gasteiger partial charge in [0.2, 0.25) is 0 Å². The third-order valence-corrected chi connectivity index (χ3v) is 5.67. The Kier molecular flexibility index (Phi) is 5.65. The molecule has 2 heterocycles. The molecule has 1 N–H and O–H groups in total. The summed E-state index contributed by atoms with van der Waals surface area (Å²) in [6.45, 7) is 3.37. The van der Waals surface area contributed by atoms with Gasteiger partial charge in [0.15, 0.2) is 0 Å². The minimum atomic E-state index is -0.505. The van der Waals surface area contributed by atoms with Crippen molar-refractivity contribution in [3.05, 3.63) is 63.7 Å². The van der Waals surface area contributed by atoms with Gasteiger partial charge in [-0.15, -0.1) is 0 Å². The van der Waals surface area contributed by atoms with Crippen LogP contribution in [0.2, 0.25) is 0 Å². The molecule has 0 atom stereocenters. The molecule has 2 fully saturated rings. The van der Waals surface area contributed by atoms with Crippen molar-refractivity contribution in [3.8, 4) is 0 Å². The van der Waals surface area contributed by atoms with Crippen LogP contribution >= 0.6 is 0 Å². The zero-order valence-electron chi connectivity index (χ0n) is 16.7. The number of nitro groups is 1. The number of hydrogen-bond donors (Lipinski definition) is 1. The molecule has 0 unspecified atom stereocenters. The highest BCUT2D eigenvalue weighted by Gasteiger charge is 2.25. The molecule has 2 aliphatic heterocycles. The standard InChI is InChI=1S/C22H24N4O4/c27-21(16-5-8-18(9-6-16)26(29)30)23-17-7-10-20(24-11-1-2-12-24)19(15-17)22(28)25-13-3-4-14-25/h5-10,15H,1-4,11-14H2,(H,23,27). The van der Waals surface area contributed by atoms with E-state index in [1.54, 1.807) is 12.1 Å². The molecule has 0 saturated carbocycles. The summed E-state index contributed by atoms with van der Waals surface area (Å²) >= 11 is 0. The molecule has 2 aromatic rings. The van der Waals surface area contributed by atoms with Gasteiger partial charge in [-0.05, 0) is 56.0 Å². The second-order valence-electron chi connectivity index (χ2n) is 7.68. The molecule has 8 heteroatoms. The second-order valence-corrected chi connectivity index (χ2v) is 7.68. The van der Waals surface area contributed by atoms with Crippen molar-refractivity contribution in [2.75, 3.05) is 36.4 Å². The summed E-state index contributed by atoms with van der Waals surface area (Å²) in [5, 5.41) is 13.6. The Labute approximate surface area is 174 Å². The topological polar surface area (TPSA) is 95.8 Å². The Morgan fingerprint density at radius 3 is 2.17 bits per heavy atom. The van der Waals surface area contributed by atoms with Crippen molar-refractivity contribution in [1.82, 2.24) is 4.90 Å². The van der Waals surface area contributed by atoms with Crippen LogP contribution in [0, 0.1) is 10.1 Å². The van der Waals surface area contributed by atoms with Crippen molar-refractivity contribution in [1.29, 1.82) is 0 Å². The molecular weight excluding hydrogens is 384 g/mol. The van der Waals surface area contributed by atoms with Gasteiger partial charge < -0.3 is 15.1 Å². The van der Waals surface area contributed by atoms with E-state index in [1.165, 1.54) is 24.3 Å². The maximum atomic E-state index is 13.2. The first kappa shape index (κ1) is 19.9. The molecule has 156 valence electrons. The lowest BCUT2D eigenvalue weighted by Crippen LogP contribution is -2.30. The van der Waals surface area contributed by atoms with Crippen molar-refractivity contribution >= 4 is 28.9 Å². The molecule has 0 aromatic heterocycles. The summed E-state index contributed by atoms with van der Waals surface area (Å²) in [6, 6.07) is 10.9. The van der Waals surface area contributed by atoms with Crippen LogP contribution in [0.3, 0.4) is 0 Å². The number of rotatable bonds is 5. The highest BCUT2D eigenvalue weighted by atomic mass is 16.6. The SMILES string of the molecule is O=C(Nc1ccc(N2CCCC2)c(C(=O)N2CCCC2)c1)c1ccc([N+](=O)[O-])cc1. The first-order valence-electron chi connectivity index (χ1n) is 10.3. The van der Waals surface area contributed by atoms with Gasteiger partial charge in [0.1, 0.15) is 0 Å². The van der Waals surface area contributed by atoms with Gasteiger partial charge >= 0.3 is 0 Å². The van der Waals surface area contributed by atoms with E-state index in [9.17, 15) is 19.7 Å². The fraction of sp³-hybridized carbons (Fsp3) is 0.364. The van der Waals surface area contributed by atoms with Crippen LogP contribution < -0.4 is 10.2 Å². The third-order valence-electron chi connectivity index (χ3n) is 5.67. The largest absolute Gasteiger partial charge is 0.371 e. The average molecular weight is 408 g/mol. The Morgan fingerprint density at radius 2 is 1.53 bits per heavy atom. The van der Waals surface area contributed by atoms with Crippen LogP contribution in [-0.4, -0.2) is 47.8 Å². The number of non-ortho nitro benzene ring substituents is 1. The normalized spacial score (nSPS) is 16.0. The summed E-state index contributed by atoms with van der Waals surface area (Å²) in [5.74, 6) is -0.376. The van der Waals surface area contributed by atoms with Gasteiger partial charge in [0.05, 0.1) is 10.5 Å². The van der Waals surface area contributed by atoms with Gasteiger partial charge in [0, 0.05) is 55.2 Å². The zero-order chi connectivity index (χ0) is 21.1. The monoisotopic (exact) mass is 408 g/mol. The molecule has 2 aromatic carbocycles. The van der Waals surface area contributed by atoms with E-state index >= 15 is 0 Å². The number of benzene rings is 2. The molecule has 2 amide bonds. The zero-order valence-corrected chi connectivity index (χ0v) is 16.7. The number of nitro benzene ring substituents is 1. The van der Waals surface area contributed by atoms with Crippen molar-refractivity contribution in [2.45, 2.75) is 25.7 Å². The molecule has 30 heavy (non-hydrogen) atoms. The van der Waals surface area contributed by atoms with Gasteiger partial charge in [-0.1, -0.05) is 0 Å². The third kappa shape index (κ3) is 4.12. The van der Waals surface area contributed by atoms with Crippen LogP contribution in [0.15, 0.2) is 42.5 Å². The maximum absolute atomic E-state index is 13.2. The van der Waals surface area contributed by atoms with Gasteiger partial charge in [0.25, 0.3) is 17.5 Å². The van der Waals surface area contributed by atoms with Crippen LogP contribution in [0.4, 0.5) is 17.1 Å². The van der Waals surface area contributed by atoms with Crippen LogP contribution in [0.1, 0.15) is 46.4 Å². The molecule has 2 aliphatic rings. The van der Waals surface area contributed by atoms with E-state index in [-0.39, 0.29) is 17.5 Å². The van der Waals surface area contributed by atoms with Crippen LogP contribution in [0.25, 0.3) is 0 Å². The number of anilines is 2. The molecule has 0 bridgehead atoms. The average Bonchev–Trinajstić information content (AvgIpc) is 3.47. The lowest BCUT2D eigenvalue weighted by atomic mass is 10.1. The highest BCUT2D eigenvalue weighted by molar-refractivity contribution is 6.06. The van der Waals surface area contributed by atoms with Gasteiger partial charge in [-0.3, -0.25) is 19.7 Å². The number of amides is 2. The number of likely N-dealkylation sites (tertiary alicyclic amines) is 1. The minimum Gasteiger partial charge on any atom is -0.371 e. The van der Waals surface area contributed by atoms with E-state index in [1.807, 2.05) is 11.0 Å². The molecule has 0 radical (unpaired) electrons. The summed E-state index contributed by atoms with van der Waals surface area (Å²) in [7, 11) is 0. The fourth-order valence-corrected chi connectivity index (χ4v) is 4.05. The smallest absolute Gasteiger partial charge is 0.269 e. The summed E-state index contributed by atoms with van der Waals surface area (Å²) in [5.41, 5.74) is 2.30. The Hall–Kier alpha value is -3.42. The minimum absolute atomic E-state index is 0.000773. The van der Waals surface area contributed by atoms with E-state index in [4.69, 9.17) is 0 Å². The second kappa shape index (κ2) is 8.52. The Balaban J connectivity index is 1.58. The molecule has 4 rings (SSSR count). The quantitative estimate of drug-likeness (QED) is 0.601. The predicted octanol–water partition coefficient (Wildman–Crippen LogP) is 3.68. The first-order chi connectivity index (χ1) is 14.5. The summed E-state index contributed by atoms with van der Waals surface area (Å²) in [4.78, 5) is 40.1. The van der Waals surface area contributed by atoms with E-state index in [0.717, 1.165) is 57.5 Å². The molecule has 0 spiro atoms. The van der Waals surface area contributed by atoms with Crippen molar-refractivity contribution < 1.29 is 14.5 Å². The number of nitrogens with zero attached hydrogens (tertiary/aromatic N) is 3. The molecular formula is C22H24N4O4. The first-order valence-corrected chi connectivity index (χ1v) is 10.3. The van der Waals surface area contributed by atoms with Crippen molar-refractivity contribution in [3.63, 3.8) is 0 Å². The molecule has 8 nitrogen and oxygen atoms in total. The lowest BCUT2D eigenvalue weighted by molar-refractivity contribution is -0.384. The van der Waals surface area contributed by atoms with E-state index in [2.05, 4.69) is 10.2 Å². The van der Waals surface area contributed by atoms with Gasteiger partial charge in [-0.25, -0.2) is 0 Å². The number of carbonyl (C=O) groups is 2. The number of nitrogens with one attached hydrogen (secondary N) is 1. The molecule has 2 saturated heterocycles. The van der Waals surface area contributed by atoms with Crippen molar-refractivity contribution in [2.24, 2.45) is 0 Å². The molecule has 0 aliphatic carbocycles. The Bertz CT molecular complexity index is 962.